The van der Waals surface area contributed by atoms with Crippen LogP contribution in [0.2, 0.25) is 0 Å². The minimum atomic E-state index is -2.05. The van der Waals surface area contributed by atoms with Crippen molar-refractivity contribution in [2.24, 2.45) is 0 Å². The summed E-state index contributed by atoms with van der Waals surface area (Å²) in [7, 11) is 0. The summed E-state index contributed by atoms with van der Waals surface area (Å²) in [5.41, 5.74) is 1.64. The Hall–Kier alpha value is -2.05. The Bertz CT molecular complexity index is 767. The van der Waals surface area contributed by atoms with Crippen LogP contribution >= 0.6 is 0 Å². The molecule has 1 unspecified atom stereocenters. The van der Waals surface area contributed by atoms with E-state index >= 15 is 0 Å². The van der Waals surface area contributed by atoms with E-state index < -0.39 is 11.1 Å². The fourth-order valence-electron chi connectivity index (χ4n) is 1.73. The van der Waals surface area contributed by atoms with Crippen molar-refractivity contribution in [2.75, 3.05) is 0 Å². The first-order valence-corrected chi connectivity index (χ1v) is 6.51. The Labute approximate surface area is 110 Å². The van der Waals surface area contributed by atoms with Gasteiger partial charge in [-0.05, 0) is 42.5 Å². The lowest BCUT2D eigenvalue weighted by Crippen LogP contribution is -1.86. The van der Waals surface area contributed by atoms with Crippen LogP contribution < -0.4 is 0 Å². The third-order valence-electron chi connectivity index (χ3n) is 2.65. The van der Waals surface area contributed by atoms with E-state index in [1.165, 1.54) is 24.3 Å². The number of nitrogens with zero attached hydrogens (tertiary/aromatic N) is 1. The van der Waals surface area contributed by atoms with Crippen LogP contribution in [0, 0.1) is 5.82 Å². The van der Waals surface area contributed by atoms with Crippen molar-refractivity contribution in [3.05, 3.63) is 48.3 Å². The lowest BCUT2D eigenvalue weighted by atomic mass is 10.2. The summed E-state index contributed by atoms with van der Waals surface area (Å²) in [5, 5.41) is 0. The molecule has 1 N–H and O–H groups in total. The molecule has 0 aliphatic rings. The van der Waals surface area contributed by atoms with E-state index in [0.29, 0.717) is 22.6 Å². The van der Waals surface area contributed by atoms with Gasteiger partial charge in [-0.15, -0.1) is 0 Å². The fraction of sp³-hybridized carbons (Fsp3) is 0. The van der Waals surface area contributed by atoms with Crippen molar-refractivity contribution >= 4 is 22.2 Å². The third-order valence-corrected chi connectivity index (χ3v) is 3.31. The second-order valence-electron chi connectivity index (χ2n) is 3.90. The Kier molecular flexibility index (Phi) is 2.88. The highest BCUT2D eigenvalue weighted by Gasteiger charge is 2.10. The molecule has 2 aromatic carbocycles. The van der Waals surface area contributed by atoms with Gasteiger partial charge in [0.15, 0.2) is 16.7 Å². The summed E-state index contributed by atoms with van der Waals surface area (Å²) < 4.78 is 38.3. The zero-order chi connectivity index (χ0) is 13.4. The number of fused-ring (bicyclic) bond motifs is 1. The zero-order valence-electron chi connectivity index (χ0n) is 9.54. The van der Waals surface area contributed by atoms with Gasteiger partial charge < -0.3 is 8.97 Å². The molecule has 0 saturated heterocycles. The van der Waals surface area contributed by atoms with Gasteiger partial charge in [0, 0.05) is 5.56 Å². The molecule has 0 radical (unpaired) electrons. The molecule has 3 aromatic rings. The minimum Gasteiger partial charge on any atom is -0.436 e. The van der Waals surface area contributed by atoms with Gasteiger partial charge in [0.2, 0.25) is 5.89 Å². The van der Waals surface area contributed by atoms with Crippen LogP contribution in [0.1, 0.15) is 0 Å². The maximum absolute atomic E-state index is 12.8. The van der Waals surface area contributed by atoms with Gasteiger partial charge in [0.1, 0.15) is 11.3 Å². The molecule has 19 heavy (non-hydrogen) atoms. The highest BCUT2D eigenvalue weighted by Crippen LogP contribution is 2.25. The maximum atomic E-state index is 12.8. The summed E-state index contributed by atoms with van der Waals surface area (Å²) in [5.74, 6) is 0.00805. The van der Waals surface area contributed by atoms with Gasteiger partial charge in [0.05, 0.1) is 4.90 Å². The molecule has 6 heteroatoms. The van der Waals surface area contributed by atoms with E-state index in [9.17, 15) is 8.60 Å². The molecule has 1 heterocycles. The van der Waals surface area contributed by atoms with Crippen molar-refractivity contribution in [1.82, 2.24) is 4.98 Å². The van der Waals surface area contributed by atoms with Crippen LogP contribution in [0.15, 0.2) is 51.8 Å². The molecule has 1 aromatic heterocycles. The van der Waals surface area contributed by atoms with Crippen molar-refractivity contribution < 1.29 is 17.6 Å². The van der Waals surface area contributed by atoms with Crippen LogP contribution in [0.5, 0.6) is 0 Å². The summed E-state index contributed by atoms with van der Waals surface area (Å²) in [4.78, 5) is 4.48. The monoisotopic (exact) mass is 277 g/mol. The molecule has 4 nitrogen and oxygen atoms in total. The van der Waals surface area contributed by atoms with Gasteiger partial charge in [-0.3, -0.25) is 0 Å². The number of rotatable bonds is 2. The molecule has 0 aliphatic heterocycles. The lowest BCUT2D eigenvalue weighted by Gasteiger charge is -1.93. The van der Waals surface area contributed by atoms with Gasteiger partial charge in [-0.2, -0.15) is 0 Å². The molecule has 0 fully saturated rings. The van der Waals surface area contributed by atoms with Gasteiger partial charge in [-0.25, -0.2) is 13.6 Å². The molecule has 1 atom stereocenters. The first-order chi connectivity index (χ1) is 9.13. The predicted octanol–water partition coefficient (Wildman–Crippen LogP) is 3.21. The number of hydrogen-bond acceptors (Lipinski definition) is 3. The molecule has 0 spiro atoms. The Balaban J connectivity index is 2.11. The van der Waals surface area contributed by atoms with E-state index in [4.69, 9.17) is 8.97 Å². The number of hydrogen-bond donors (Lipinski definition) is 1. The quantitative estimate of drug-likeness (QED) is 0.730. The van der Waals surface area contributed by atoms with Crippen molar-refractivity contribution in [2.45, 2.75) is 4.90 Å². The zero-order valence-corrected chi connectivity index (χ0v) is 10.4. The van der Waals surface area contributed by atoms with Gasteiger partial charge >= 0.3 is 0 Å². The maximum Gasteiger partial charge on any atom is 0.227 e. The highest BCUT2D eigenvalue weighted by atomic mass is 32.2. The van der Waals surface area contributed by atoms with Gasteiger partial charge in [-0.1, -0.05) is 0 Å². The van der Waals surface area contributed by atoms with E-state index in [1.807, 2.05) is 0 Å². The van der Waals surface area contributed by atoms with Crippen molar-refractivity contribution in [3.8, 4) is 11.5 Å². The summed E-state index contributed by atoms with van der Waals surface area (Å²) in [6.07, 6.45) is 0. The van der Waals surface area contributed by atoms with Crippen molar-refractivity contribution in [3.63, 3.8) is 0 Å². The van der Waals surface area contributed by atoms with Crippen molar-refractivity contribution in [1.29, 1.82) is 0 Å². The molecular weight excluding hydrogens is 269 g/mol. The minimum absolute atomic E-state index is 0.256. The third kappa shape index (κ3) is 2.27. The van der Waals surface area contributed by atoms with Crippen LogP contribution in [0.3, 0.4) is 0 Å². The average Bonchev–Trinajstić information content (AvgIpc) is 2.82. The van der Waals surface area contributed by atoms with Crippen LogP contribution in [-0.4, -0.2) is 13.7 Å². The normalized spacial score (nSPS) is 12.7. The van der Waals surface area contributed by atoms with Gasteiger partial charge in [0.25, 0.3) is 0 Å². The van der Waals surface area contributed by atoms with E-state index in [2.05, 4.69) is 4.98 Å². The molecule has 0 amide bonds. The Morgan fingerprint density at radius 2 is 1.89 bits per heavy atom. The molecule has 0 bridgehead atoms. The smallest absolute Gasteiger partial charge is 0.227 e. The standard InChI is InChI=1S/C13H8FNO3S/c14-9-3-1-8(2-4-9)13-15-11-7-10(19(16)17)5-6-12(11)18-13/h1-7H,(H,16,17). The fourth-order valence-corrected chi connectivity index (χ4v) is 2.13. The summed E-state index contributed by atoms with van der Waals surface area (Å²) >= 11 is -2.05. The molecule has 3 rings (SSSR count). The largest absolute Gasteiger partial charge is 0.436 e. The Morgan fingerprint density at radius 3 is 2.58 bits per heavy atom. The number of halogens is 1. The first-order valence-electron chi connectivity index (χ1n) is 5.41. The second-order valence-corrected chi connectivity index (χ2v) is 4.87. The topological polar surface area (TPSA) is 63.3 Å². The lowest BCUT2D eigenvalue weighted by molar-refractivity contribution is 0.564. The molecule has 0 aliphatic carbocycles. The Morgan fingerprint density at radius 1 is 1.16 bits per heavy atom. The second kappa shape index (κ2) is 4.56. The average molecular weight is 277 g/mol. The molecular formula is C13H8FNO3S. The van der Waals surface area contributed by atoms with Crippen LogP contribution in [0.4, 0.5) is 4.39 Å². The molecule has 0 saturated carbocycles. The van der Waals surface area contributed by atoms with Crippen LogP contribution in [0.25, 0.3) is 22.6 Å². The summed E-state index contributed by atoms with van der Waals surface area (Å²) in [6, 6.07) is 10.3. The highest BCUT2D eigenvalue weighted by molar-refractivity contribution is 7.79. The van der Waals surface area contributed by atoms with E-state index in [0.717, 1.165) is 0 Å². The van der Waals surface area contributed by atoms with E-state index in [1.54, 1.807) is 18.2 Å². The number of benzene rings is 2. The van der Waals surface area contributed by atoms with E-state index in [-0.39, 0.29) is 10.7 Å². The predicted molar refractivity (Wildman–Crippen MR) is 68.4 cm³/mol. The molecule has 96 valence electrons. The first kappa shape index (κ1) is 12.0. The summed E-state index contributed by atoms with van der Waals surface area (Å²) in [6.45, 7) is 0. The number of aromatic nitrogens is 1. The SMILES string of the molecule is O=S(O)c1ccc2oc(-c3ccc(F)cc3)nc2c1. The van der Waals surface area contributed by atoms with Crippen LogP contribution in [-0.2, 0) is 11.1 Å². The number of oxazole rings is 1.